The molecule has 0 spiro atoms. The van der Waals surface area contributed by atoms with Crippen molar-refractivity contribution in [2.45, 2.75) is 90.3 Å². The van der Waals surface area contributed by atoms with Crippen LogP contribution in [-0.4, -0.2) is 40.6 Å². The monoisotopic (exact) mass is 472 g/mol. The number of aliphatic hydroxyl groups is 1. The van der Waals surface area contributed by atoms with E-state index in [1.165, 1.54) is 10.4 Å². The van der Waals surface area contributed by atoms with Gasteiger partial charge in [-0.2, -0.15) is 0 Å². The summed E-state index contributed by atoms with van der Waals surface area (Å²) in [7, 11) is -4.57. The predicted octanol–water partition coefficient (Wildman–Crippen LogP) is 5.72. The van der Waals surface area contributed by atoms with Crippen LogP contribution in [0.15, 0.2) is 60.7 Å². The summed E-state index contributed by atoms with van der Waals surface area (Å²) in [6.45, 7) is 20.6. The second-order valence-corrected chi connectivity index (χ2v) is 20.5. The Morgan fingerprint density at radius 2 is 1.22 bits per heavy atom. The molecule has 5 heteroatoms. The molecule has 2 atom stereocenters. The Hall–Kier alpha value is -1.25. The molecule has 0 aliphatic carbocycles. The lowest BCUT2D eigenvalue weighted by Gasteiger charge is -2.46. The van der Waals surface area contributed by atoms with Crippen LogP contribution in [0.5, 0.6) is 0 Å². The highest BCUT2D eigenvalue weighted by Gasteiger charge is 2.51. The molecule has 1 N–H and O–H groups in total. The van der Waals surface area contributed by atoms with Crippen molar-refractivity contribution in [1.29, 1.82) is 0 Å². The van der Waals surface area contributed by atoms with Crippen molar-refractivity contribution in [3.8, 4) is 0 Å². The molecule has 32 heavy (non-hydrogen) atoms. The largest absolute Gasteiger partial charge is 0.417 e. The zero-order chi connectivity index (χ0) is 24.2. The van der Waals surface area contributed by atoms with Crippen LogP contribution >= 0.6 is 0 Å². The van der Waals surface area contributed by atoms with E-state index in [4.69, 9.17) is 8.85 Å². The van der Waals surface area contributed by atoms with Gasteiger partial charge in [-0.15, -0.1) is 0 Å². The van der Waals surface area contributed by atoms with Gasteiger partial charge in [0.2, 0.25) is 0 Å². The van der Waals surface area contributed by atoms with Crippen LogP contribution < -0.4 is 10.4 Å². The van der Waals surface area contributed by atoms with Crippen LogP contribution in [0.2, 0.25) is 23.2 Å². The van der Waals surface area contributed by atoms with Crippen molar-refractivity contribution in [2.75, 3.05) is 6.61 Å². The van der Waals surface area contributed by atoms with Gasteiger partial charge >= 0.3 is 0 Å². The molecule has 178 valence electrons. The first-order valence-electron chi connectivity index (χ1n) is 11.8. The lowest BCUT2D eigenvalue weighted by Crippen LogP contribution is -2.68. The molecule has 3 nitrogen and oxygen atoms in total. The molecule has 2 aromatic carbocycles. The Labute approximate surface area is 198 Å². The SMILES string of the molecule is CC(O)[C@H](CCO[Si](C)(C)C(C)(C)C)O[Si](c1ccccc1)(c1ccccc1)C(C)(C)C. The Bertz CT molecular complexity index is 782. The van der Waals surface area contributed by atoms with Crippen LogP contribution in [0.3, 0.4) is 0 Å². The zero-order valence-electron chi connectivity index (χ0n) is 21.6. The van der Waals surface area contributed by atoms with Crippen molar-refractivity contribution in [1.82, 2.24) is 0 Å². The minimum atomic E-state index is -2.71. The van der Waals surface area contributed by atoms with E-state index >= 15 is 0 Å². The van der Waals surface area contributed by atoms with Gasteiger partial charge in [-0.25, -0.2) is 0 Å². The van der Waals surface area contributed by atoms with Gasteiger partial charge in [-0.3, -0.25) is 0 Å². The quantitative estimate of drug-likeness (QED) is 0.474. The first kappa shape index (κ1) is 27.0. The van der Waals surface area contributed by atoms with Gasteiger partial charge in [0.05, 0.1) is 12.2 Å². The number of hydrogen-bond donors (Lipinski definition) is 1. The molecule has 0 saturated carbocycles. The summed E-state index contributed by atoms with van der Waals surface area (Å²) in [4.78, 5) is 0. The normalized spacial score (nSPS) is 15.4. The van der Waals surface area contributed by atoms with Gasteiger partial charge in [0, 0.05) is 6.61 Å². The van der Waals surface area contributed by atoms with E-state index in [1.54, 1.807) is 0 Å². The van der Waals surface area contributed by atoms with E-state index in [1.807, 2.05) is 6.92 Å². The molecule has 0 bridgehead atoms. The highest BCUT2D eigenvalue weighted by molar-refractivity contribution is 6.99. The van der Waals surface area contributed by atoms with E-state index in [9.17, 15) is 5.11 Å². The number of benzene rings is 2. The Balaban J connectivity index is 2.45. The molecule has 0 radical (unpaired) electrons. The van der Waals surface area contributed by atoms with Crippen LogP contribution in [0.1, 0.15) is 54.9 Å². The molecule has 0 aromatic heterocycles. The molecule has 0 fully saturated rings. The van der Waals surface area contributed by atoms with Crippen LogP contribution in [0, 0.1) is 0 Å². The van der Waals surface area contributed by atoms with Gasteiger partial charge in [0.25, 0.3) is 8.32 Å². The van der Waals surface area contributed by atoms with Crippen molar-refractivity contribution >= 4 is 27.0 Å². The molecule has 1 unspecified atom stereocenters. The summed E-state index contributed by atoms with van der Waals surface area (Å²) in [5.74, 6) is 0. The minimum absolute atomic E-state index is 0.122. The summed E-state index contributed by atoms with van der Waals surface area (Å²) in [6, 6.07) is 21.2. The molecule has 2 aromatic rings. The zero-order valence-corrected chi connectivity index (χ0v) is 23.6. The summed E-state index contributed by atoms with van der Waals surface area (Å²) in [5.41, 5.74) is 0. The first-order chi connectivity index (χ1) is 14.7. The Morgan fingerprint density at radius 3 is 1.56 bits per heavy atom. The van der Waals surface area contributed by atoms with E-state index in [2.05, 4.69) is 115 Å². The van der Waals surface area contributed by atoms with E-state index in [-0.39, 0.29) is 16.2 Å². The first-order valence-corrected chi connectivity index (χ1v) is 16.6. The van der Waals surface area contributed by atoms with Crippen molar-refractivity contribution in [3.63, 3.8) is 0 Å². The van der Waals surface area contributed by atoms with Crippen LogP contribution in [0.4, 0.5) is 0 Å². The molecular weight excluding hydrogens is 428 g/mol. The van der Waals surface area contributed by atoms with Gasteiger partial charge in [-0.1, -0.05) is 102 Å². The maximum atomic E-state index is 10.8. The van der Waals surface area contributed by atoms with Crippen LogP contribution in [0.25, 0.3) is 0 Å². The predicted molar refractivity (Wildman–Crippen MR) is 142 cm³/mol. The average Bonchev–Trinajstić information content (AvgIpc) is 2.70. The standard InChI is InChI=1S/C27H44O3Si2/c1-22(28)25(20-21-29-31(8,9)26(2,3)4)30-32(27(5,6)7,23-16-12-10-13-17-23)24-18-14-11-15-19-24/h10-19,22,25,28H,20-21H2,1-9H3/t22?,25-/m0/s1. The van der Waals surface area contributed by atoms with Gasteiger partial charge < -0.3 is 14.0 Å². The third-order valence-electron chi connectivity index (χ3n) is 6.95. The summed E-state index contributed by atoms with van der Waals surface area (Å²) >= 11 is 0. The molecule has 2 rings (SSSR count). The van der Waals surface area contributed by atoms with Crippen LogP contribution in [-0.2, 0) is 8.85 Å². The summed E-state index contributed by atoms with van der Waals surface area (Å²) in [6.07, 6.45) is -0.208. The maximum Gasteiger partial charge on any atom is 0.261 e. The van der Waals surface area contributed by atoms with E-state index < -0.39 is 22.7 Å². The van der Waals surface area contributed by atoms with E-state index in [0.717, 1.165) is 0 Å². The maximum absolute atomic E-state index is 10.8. The minimum Gasteiger partial charge on any atom is -0.417 e. The fourth-order valence-electron chi connectivity index (χ4n) is 3.96. The molecular formula is C27H44O3Si2. The van der Waals surface area contributed by atoms with E-state index in [0.29, 0.717) is 13.0 Å². The average molecular weight is 473 g/mol. The summed E-state index contributed by atoms with van der Waals surface area (Å²) in [5, 5.41) is 13.3. The lowest BCUT2D eigenvalue weighted by atomic mass is 10.2. The van der Waals surface area contributed by atoms with Gasteiger partial charge in [-0.05, 0) is 46.9 Å². The van der Waals surface area contributed by atoms with Crippen molar-refractivity contribution < 1.29 is 14.0 Å². The smallest absolute Gasteiger partial charge is 0.261 e. The number of rotatable bonds is 9. The molecule has 0 amide bonds. The second kappa shape index (κ2) is 10.3. The lowest BCUT2D eigenvalue weighted by molar-refractivity contribution is 0.0275. The molecule has 0 aliphatic heterocycles. The van der Waals surface area contributed by atoms with Crippen molar-refractivity contribution in [2.24, 2.45) is 0 Å². The molecule has 0 heterocycles. The van der Waals surface area contributed by atoms with Gasteiger partial charge in [0.1, 0.15) is 0 Å². The highest BCUT2D eigenvalue weighted by atomic mass is 28.4. The Morgan fingerprint density at radius 1 is 0.781 bits per heavy atom. The fraction of sp³-hybridized carbons (Fsp3) is 0.556. The summed E-state index contributed by atoms with van der Waals surface area (Å²) < 4.78 is 13.6. The third kappa shape index (κ3) is 6.00. The third-order valence-corrected chi connectivity index (χ3v) is 16.6. The molecule has 0 saturated heterocycles. The number of hydrogen-bond acceptors (Lipinski definition) is 3. The fourth-order valence-corrected chi connectivity index (χ4v) is 9.81. The second-order valence-electron chi connectivity index (χ2n) is 11.5. The van der Waals surface area contributed by atoms with Crippen molar-refractivity contribution in [3.05, 3.63) is 60.7 Å². The Kier molecular flexibility index (Phi) is 8.73. The topological polar surface area (TPSA) is 38.7 Å². The van der Waals surface area contributed by atoms with Gasteiger partial charge in [0.15, 0.2) is 8.32 Å². The highest BCUT2D eigenvalue weighted by Crippen LogP contribution is 2.39. The number of aliphatic hydroxyl groups excluding tert-OH is 1. The molecule has 0 aliphatic rings.